The Bertz CT molecular complexity index is 729. The van der Waals surface area contributed by atoms with E-state index < -0.39 is 11.9 Å². The number of phenolic OH excluding ortho intramolecular Hbond substituents is 1. The number of hydrazone groups is 1. The van der Waals surface area contributed by atoms with Crippen molar-refractivity contribution in [2.75, 3.05) is 0 Å². The highest BCUT2D eigenvalue weighted by Gasteiger charge is 2.19. The summed E-state index contributed by atoms with van der Waals surface area (Å²) in [6, 6.07) is 15.3. The summed E-state index contributed by atoms with van der Waals surface area (Å²) in [5.74, 6) is -0.658. The van der Waals surface area contributed by atoms with Gasteiger partial charge in [0.05, 0.1) is 6.21 Å². The van der Waals surface area contributed by atoms with E-state index in [0.717, 1.165) is 5.56 Å². The van der Waals surface area contributed by atoms with Gasteiger partial charge in [-0.1, -0.05) is 42.5 Å². The molecule has 1 unspecified atom stereocenters. The summed E-state index contributed by atoms with van der Waals surface area (Å²) < 4.78 is 0. The summed E-state index contributed by atoms with van der Waals surface area (Å²) >= 11 is 0. The van der Waals surface area contributed by atoms with E-state index in [1.54, 1.807) is 18.2 Å². The first-order chi connectivity index (χ1) is 11.6. The lowest BCUT2D eigenvalue weighted by atomic mass is 10.1. The first-order valence-corrected chi connectivity index (χ1v) is 7.48. The van der Waals surface area contributed by atoms with Crippen LogP contribution < -0.4 is 10.7 Å². The van der Waals surface area contributed by atoms with Crippen molar-refractivity contribution in [1.29, 1.82) is 0 Å². The minimum Gasteiger partial charge on any atom is -0.507 e. The van der Waals surface area contributed by atoms with Crippen LogP contribution in [-0.4, -0.2) is 29.2 Å². The van der Waals surface area contributed by atoms with Gasteiger partial charge in [-0.15, -0.1) is 0 Å². The third kappa shape index (κ3) is 5.24. The topological polar surface area (TPSA) is 90.8 Å². The van der Waals surface area contributed by atoms with E-state index in [4.69, 9.17) is 0 Å². The molecule has 0 bridgehead atoms. The number of rotatable bonds is 6. The number of hydrogen-bond acceptors (Lipinski definition) is 4. The van der Waals surface area contributed by atoms with Gasteiger partial charge >= 0.3 is 0 Å². The Balaban J connectivity index is 2.02. The van der Waals surface area contributed by atoms with E-state index in [0.29, 0.717) is 12.0 Å². The maximum atomic E-state index is 12.3. The van der Waals surface area contributed by atoms with Gasteiger partial charge in [-0.3, -0.25) is 9.59 Å². The van der Waals surface area contributed by atoms with Crippen molar-refractivity contribution >= 4 is 18.0 Å². The Kier molecular flexibility index (Phi) is 6.08. The van der Waals surface area contributed by atoms with Crippen molar-refractivity contribution in [1.82, 2.24) is 10.7 Å². The molecule has 0 aliphatic carbocycles. The monoisotopic (exact) mass is 325 g/mol. The minimum atomic E-state index is -0.730. The maximum absolute atomic E-state index is 12.3. The number of amides is 2. The number of para-hydroxylation sites is 1. The van der Waals surface area contributed by atoms with Gasteiger partial charge in [0.15, 0.2) is 0 Å². The van der Waals surface area contributed by atoms with Crippen LogP contribution in [0.25, 0.3) is 0 Å². The molecule has 0 saturated heterocycles. The number of aromatic hydroxyl groups is 1. The Morgan fingerprint density at radius 2 is 1.79 bits per heavy atom. The second-order valence-corrected chi connectivity index (χ2v) is 5.24. The van der Waals surface area contributed by atoms with Crippen molar-refractivity contribution in [3.63, 3.8) is 0 Å². The molecule has 2 aromatic carbocycles. The zero-order chi connectivity index (χ0) is 17.4. The molecule has 0 aliphatic heterocycles. The van der Waals surface area contributed by atoms with Crippen LogP contribution in [0.4, 0.5) is 0 Å². The van der Waals surface area contributed by atoms with E-state index in [2.05, 4.69) is 15.8 Å². The van der Waals surface area contributed by atoms with E-state index in [-0.39, 0.29) is 11.7 Å². The van der Waals surface area contributed by atoms with Gasteiger partial charge in [-0.05, 0) is 17.7 Å². The van der Waals surface area contributed by atoms with Crippen LogP contribution in [0.2, 0.25) is 0 Å². The van der Waals surface area contributed by atoms with Crippen LogP contribution >= 0.6 is 0 Å². The Morgan fingerprint density at radius 1 is 1.12 bits per heavy atom. The SMILES string of the molecule is CC(=O)NC(Cc1ccccc1)C(=O)N/N=C/c1ccccc1O. The molecule has 2 amide bonds. The summed E-state index contributed by atoms with van der Waals surface area (Å²) in [5.41, 5.74) is 3.80. The predicted octanol–water partition coefficient (Wildman–Crippen LogP) is 1.59. The van der Waals surface area contributed by atoms with Gasteiger partial charge in [-0.2, -0.15) is 5.10 Å². The first kappa shape index (κ1) is 17.2. The standard InChI is InChI=1S/C18H19N3O3/c1-13(22)20-16(11-14-7-3-2-4-8-14)18(24)21-19-12-15-9-5-6-10-17(15)23/h2-10,12,16,23H,11H2,1H3,(H,20,22)(H,21,24)/b19-12+. The summed E-state index contributed by atoms with van der Waals surface area (Å²) in [6.07, 6.45) is 1.71. The third-order valence-corrected chi connectivity index (χ3v) is 3.29. The van der Waals surface area contributed by atoms with Crippen LogP contribution in [0, 0.1) is 0 Å². The van der Waals surface area contributed by atoms with E-state index in [1.807, 2.05) is 30.3 Å². The van der Waals surface area contributed by atoms with Gasteiger partial charge in [0.2, 0.25) is 5.91 Å². The number of benzene rings is 2. The summed E-state index contributed by atoms with van der Waals surface area (Å²) in [7, 11) is 0. The van der Waals surface area contributed by atoms with Gasteiger partial charge in [0, 0.05) is 18.9 Å². The highest BCUT2D eigenvalue weighted by molar-refractivity contribution is 5.89. The maximum Gasteiger partial charge on any atom is 0.262 e. The van der Waals surface area contributed by atoms with Crippen molar-refractivity contribution in [2.45, 2.75) is 19.4 Å². The average Bonchev–Trinajstić information content (AvgIpc) is 2.56. The normalized spacial score (nSPS) is 11.9. The fraction of sp³-hybridized carbons (Fsp3) is 0.167. The second-order valence-electron chi connectivity index (χ2n) is 5.24. The van der Waals surface area contributed by atoms with Crippen LogP contribution in [0.15, 0.2) is 59.7 Å². The number of hydrogen-bond donors (Lipinski definition) is 3. The largest absolute Gasteiger partial charge is 0.507 e. The molecule has 2 rings (SSSR count). The van der Waals surface area contributed by atoms with Crippen molar-refractivity contribution < 1.29 is 14.7 Å². The smallest absolute Gasteiger partial charge is 0.262 e. The Morgan fingerprint density at radius 3 is 2.46 bits per heavy atom. The fourth-order valence-electron chi connectivity index (χ4n) is 2.14. The number of carbonyl (C=O) groups is 2. The molecule has 6 heteroatoms. The Labute approximate surface area is 140 Å². The molecule has 24 heavy (non-hydrogen) atoms. The molecule has 0 heterocycles. The van der Waals surface area contributed by atoms with Crippen LogP contribution in [0.3, 0.4) is 0 Å². The van der Waals surface area contributed by atoms with E-state index >= 15 is 0 Å². The Hall–Kier alpha value is -3.15. The van der Waals surface area contributed by atoms with Gasteiger partial charge in [0.25, 0.3) is 5.91 Å². The minimum absolute atomic E-state index is 0.0678. The second kappa shape index (κ2) is 8.47. The average molecular weight is 325 g/mol. The molecular weight excluding hydrogens is 306 g/mol. The van der Waals surface area contributed by atoms with Crippen molar-refractivity contribution in [3.8, 4) is 5.75 Å². The van der Waals surface area contributed by atoms with Gasteiger partial charge < -0.3 is 10.4 Å². The van der Waals surface area contributed by atoms with Crippen LogP contribution in [0.1, 0.15) is 18.1 Å². The number of nitrogens with one attached hydrogen (secondary N) is 2. The highest BCUT2D eigenvalue weighted by atomic mass is 16.3. The molecule has 2 aromatic rings. The van der Waals surface area contributed by atoms with Crippen LogP contribution in [-0.2, 0) is 16.0 Å². The molecule has 3 N–H and O–H groups in total. The molecule has 0 fully saturated rings. The number of carbonyl (C=O) groups excluding carboxylic acids is 2. The van der Waals surface area contributed by atoms with Crippen LogP contribution in [0.5, 0.6) is 5.75 Å². The summed E-state index contributed by atoms with van der Waals surface area (Å²) in [5, 5.41) is 16.1. The quantitative estimate of drug-likeness (QED) is 0.556. The van der Waals surface area contributed by atoms with E-state index in [1.165, 1.54) is 19.2 Å². The zero-order valence-electron chi connectivity index (χ0n) is 13.3. The molecular formula is C18H19N3O3. The van der Waals surface area contributed by atoms with Gasteiger partial charge in [-0.25, -0.2) is 5.43 Å². The first-order valence-electron chi connectivity index (χ1n) is 7.48. The molecule has 0 aliphatic rings. The van der Waals surface area contributed by atoms with Gasteiger partial charge in [0.1, 0.15) is 11.8 Å². The lowest BCUT2D eigenvalue weighted by Crippen LogP contribution is -2.46. The molecule has 0 aromatic heterocycles. The number of nitrogens with zero attached hydrogens (tertiary/aromatic N) is 1. The molecule has 6 nitrogen and oxygen atoms in total. The van der Waals surface area contributed by atoms with Crippen molar-refractivity contribution in [3.05, 3.63) is 65.7 Å². The van der Waals surface area contributed by atoms with E-state index in [9.17, 15) is 14.7 Å². The molecule has 0 saturated carbocycles. The fourth-order valence-corrected chi connectivity index (χ4v) is 2.14. The lowest BCUT2D eigenvalue weighted by molar-refractivity contribution is -0.128. The molecule has 124 valence electrons. The third-order valence-electron chi connectivity index (χ3n) is 3.29. The molecule has 1 atom stereocenters. The zero-order valence-corrected chi connectivity index (χ0v) is 13.3. The summed E-state index contributed by atoms with van der Waals surface area (Å²) in [6.45, 7) is 1.36. The summed E-state index contributed by atoms with van der Waals surface area (Å²) in [4.78, 5) is 23.6. The lowest BCUT2D eigenvalue weighted by Gasteiger charge is -2.16. The molecule has 0 radical (unpaired) electrons. The van der Waals surface area contributed by atoms with Crippen molar-refractivity contribution in [2.24, 2.45) is 5.10 Å². The predicted molar refractivity (Wildman–Crippen MR) is 91.6 cm³/mol. The molecule has 0 spiro atoms. The highest BCUT2D eigenvalue weighted by Crippen LogP contribution is 2.12. The number of phenols is 1.